The first-order valence-corrected chi connectivity index (χ1v) is 9.01. The Kier molecular flexibility index (Phi) is 4.12. The van der Waals surface area contributed by atoms with Crippen molar-refractivity contribution in [1.29, 1.82) is 0 Å². The van der Waals surface area contributed by atoms with Crippen molar-refractivity contribution in [3.05, 3.63) is 36.3 Å². The van der Waals surface area contributed by atoms with Gasteiger partial charge in [-0.15, -0.1) is 5.10 Å². The summed E-state index contributed by atoms with van der Waals surface area (Å²) in [6.07, 6.45) is 4.89. The topological polar surface area (TPSA) is 79.5 Å². The Morgan fingerprint density at radius 2 is 1.96 bits per heavy atom. The number of nitrogens with zero attached hydrogens (tertiary/aromatic N) is 3. The number of imidazole rings is 1. The highest BCUT2D eigenvalue weighted by atomic mass is 32.1. The highest BCUT2D eigenvalue weighted by Gasteiger charge is 2.26. The van der Waals surface area contributed by atoms with Crippen molar-refractivity contribution in [2.24, 2.45) is 5.92 Å². The number of halogens is 1. The molecule has 0 spiro atoms. The van der Waals surface area contributed by atoms with E-state index in [1.165, 1.54) is 23.5 Å². The molecule has 4 rings (SSSR count). The van der Waals surface area contributed by atoms with E-state index in [1.54, 1.807) is 16.6 Å². The van der Waals surface area contributed by atoms with Crippen LogP contribution in [-0.4, -0.2) is 31.7 Å². The van der Waals surface area contributed by atoms with Crippen LogP contribution in [-0.2, 0) is 4.79 Å². The van der Waals surface area contributed by atoms with E-state index in [-0.39, 0.29) is 17.8 Å². The number of fused-ring (bicyclic) bond motifs is 1. The van der Waals surface area contributed by atoms with E-state index in [2.05, 4.69) is 15.4 Å². The highest BCUT2D eigenvalue weighted by Crippen LogP contribution is 2.29. The van der Waals surface area contributed by atoms with Crippen LogP contribution in [0, 0.1) is 11.7 Å². The van der Waals surface area contributed by atoms with E-state index in [0.717, 1.165) is 34.2 Å². The molecule has 2 aromatic heterocycles. The van der Waals surface area contributed by atoms with Gasteiger partial charge in [0.05, 0.1) is 17.8 Å². The molecule has 0 atom stereocenters. The minimum absolute atomic E-state index is 0.218. The number of hydrogen-bond acceptors (Lipinski definition) is 5. The minimum Gasteiger partial charge on any atom is -0.481 e. The number of nitrogens with one attached hydrogen (secondary N) is 1. The molecule has 130 valence electrons. The zero-order valence-electron chi connectivity index (χ0n) is 13.4. The molecule has 3 aromatic rings. The summed E-state index contributed by atoms with van der Waals surface area (Å²) in [6, 6.07) is 6.47. The summed E-state index contributed by atoms with van der Waals surface area (Å²) in [4.78, 5) is 16.3. The van der Waals surface area contributed by atoms with Crippen LogP contribution in [0.25, 0.3) is 16.2 Å². The van der Waals surface area contributed by atoms with Gasteiger partial charge in [-0.3, -0.25) is 4.79 Å². The maximum atomic E-state index is 13.0. The van der Waals surface area contributed by atoms with Crippen LogP contribution >= 0.6 is 11.3 Å². The molecule has 0 saturated heterocycles. The molecule has 25 heavy (non-hydrogen) atoms. The molecule has 0 unspecified atom stereocenters. The Bertz CT molecular complexity index is 866. The number of anilines is 1. The zero-order chi connectivity index (χ0) is 17.4. The van der Waals surface area contributed by atoms with Crippen molar-refractivity contribution in [2.75, 3.05) is 5.32 Å². The quantitative estimate of drug-likeness (QED) is 0.742. The number of benzene rings is 1. The van der Waals surface area contributed by atoms with Gasteiger partial charge in [-0.2, -0.15) is 0 Å². The van der Waals surface area contributed by atoms with Gasteiger partial charge in [-0.25, -0.2) is 13.9 Å². The van der Waals surface area contributed by atoms with Gasteiger partial charge < -0.3 is 10.4 Å². The second-order valence-electron chi connectivity index (χ2n) is 6.30. The average Bonchev–Trinajstić information content (AvgIpc) is 3.14. The van der Waals surface area contributed by atoms with Crippen molar-refractivity contribution < 1.29 is 14.3 Å². The Morgan fingerprint density at radius 1 is 1.24 bits per heavy atom. The predicted octanol–water partition coefficient (Wildman–Crippen LogP) is 3.65. The fourth-order valence-electron chi connectivity index (χ4n) is 3.18. The number of carboxylic acids is 1. The third kappa shape index (κ3) is 3.34. The van der Waals surface area contributed by atoms with E-state index < -0.39 is 5.97 Å². The molecule has 2 heterocycles. The number of aliphatic carboxylic acids is 1. The van der Waals surface area contributed by atoms with E-state index in [4.69, 9.17) is 5.11 Å². The molecule has 1 fully saturated rings. The minimum atomic E-state index is -0.695. The normalized spacial score (nSPS) is 20.7. The van der Waals surface area contributed by atoms with Crippen molar-refractivity contribution >= 4 is 27.4 Å². The first-order chi connectivity index (χ1) is 12.1. The van der Waals surface area contributed by atoms with Crippen molar-refractivity contribution in [3.8, 4) is 11.3 Å². The molecular formula is C17H17FN4O2S. The fourth-order valence-corrected chi connectivity index (χ4v) is 4.04. The maximum Gasteiger partial charge on any atom is 0.306 e. The summed E-state index contributed by atoms with van der Waals surface area (Å²) < 4.78 is 14.7. The molecule has 1 aromatic carbocycles. The molecule has 2 N–H and O–H groups in total. The fraction of sp³-hybridized carbons (Fsp3) is 0.353. The zero-order valence-corrected chi connectivity index (χ0v) is 14.2. The number of rotatable bonds is 4. The van der Waals surface area contributed by atoms with Gasteiger partial charge >= 0.3 is 5.97 Å². The Labute approximate surface area is 147 Å². The lowest BCUT2D eigenvalue weighted by Crippen LogP contribution is -2.29. The summed E-state index contributed by atoms with van der Waals surface area (Å²) in [5, 5.41) is 17.7. The van der Waals surface area contributed by atoms with Crippen LogP contribution in [0.4, 0.5) is 9.52 Å². The van der Waals surface area contributed by atoms with E-state index in [9.17, 15) is 9.18 Å². The lowest BCUT2D eigenvalue weighted by Gasteiger charge is -2.26. The second kappa shape index (κ2) is 6.44. The number of carbonyl (C=O) groups is 1. The third-order valence-electron chi connectivity index (χ3n) is 4.59. The van der Waals surface area contributed by atoms with Crippen LogP contribution < -0.4 is 5.32 Å². The Hall–Kier alpha value is -2.48. The monoisotopic (exact) mass is 360 g/mol. The molecule has 0 amide bonds. The van der Waals surface area contributed by atoms with Crippen LogP contribution in [0.1, 0.15) is 25.7 Å². The molecule has 0 bridgehead atoms. The third-order valence-corrected chi connectivity index (χ3v) is 5.44. The van der Waals surface area contributed by atoms with Crippen LogP contribution in [0.5, 0.6) is 0 Å². The summed E-state index contributed by atoms with van der Waals surface area (Å²) in [6.45, 7) is 0. The predicted molar refractivity (Wildman–Crippen MR) is 93.3 cm³/mol. The van der Waals surface area contributed by atoms with Gasteiger partial charge in [0.1, 0.15) is 5.82 Å². The maximum absolute atomic E-state index is 13.0. The lowest BCUT2D eigenvalue weighted by atomic mass is 9.86. The van der Waals surface area contributed by atoms with Gasteiger partial charge in [0.2, 0.25) is 10.1 Å². The standard InChI is InChI=1S/C17H17FN4O2S/c18-12-5-1-10(2-6-12)14-9-22-17(20-14)25-16(21-22)19-13-7-3-11(4-8-13)15(23)24/h1-2,5-6,9,11,13H,3-4,7-8H2,(H,19,21)(H,23,24). The van der Waals surface area contributed by atoms with Gasteiger partial charge in [-0.05, 0) is 49.9 Å². The highest BCUT2D eigenvalue weighted by molar-refractivity contribution is 7.20. The van der Waals surface area contributed by atoms with Crippen LogP contribution in [0.3, 0.4) is 0 Å². The molecule has 1 aliphatic rings. The van der Waals surface area contributed by atoms with Gasteiger partial charge in [0.25, 0.3) is 0 Å². The van der Waals surface area contributed by atoms with Crippen LogP contribution in [0.15, 0.2) is 30.5 Å². The van der Waals surface area contributed by atoms with Crippen molar-refractivity contribution in [2.45, 2.75) is 31.7 Å². The lowest BCUT2D eigenvalue weighted by molar-refractivity contribution is -0.142. The van der Waals surface area contributed by atoms with E-state index >= 15 is 0 Å². The first-order valence-electron chi connectivity index (χ1n) is 8.20. The molecule has 6 nitrogen and oxygen atoms in total. The van der Waals surface area contributed by atoms with Crippen molar-refractivity contribution in [3.63, 3.8) is 0 Å². The van der Waals surface area contributed by atoms with Crippen LogP contribution in [0.2, 0.25) is 0 Å². The molecule has 1 saturated carbocycles. The average molecular weight is 360 g/mol. The first kappa shape index (κ1) is 16.0. The Morgan fingerprint density at radius 3 is 2.60 bits per heavy atom. The second-order valence-corrected chi connectivity index (χ2v) is 7.25. The summed E-state index contributed by atoms with van der Waals surface area (Å²) in [7, 11) is 0. The molecule has 0 aliphatic heterocycles. The summed E-state index contributed by atoms with van der Waals surface area (Å²) in [5.74, 6) is -1.18. The summed E-state index contributed by atoms with van der Waals surface area (Å²) >= 11 is 1.46. The molecule has 8 heteroatoms. The molecular weight excluding hydrogens is 343 g/mol. The molecule has 0 radical (unpaired) electrons. The summed E-state index contributed by atoms with van der Waals surface area (Å²) in [5.41, 5.74) is 1.60. The van der Waals surface area contributed by atoms with Gasteiger partial charge in [-0.1, -0.05) is 11.3 Å². The van der Waals surface area contributed by atoms with E-state index in [1.807, 2.05) is 6.20 Å². The molecule has 1 aliphatic carbocycles. The number of aromatic nitrogens is 3. The van der Waals surface area contributed by atoms with Crippen molar-refractivity contribution in [1.82, 2.24) is 14.6 Å². The Balaban J connectivity index is 1.45. The number of carboxylic acid groups (broad SMARTS) is 1. The smallest absolute Gasteiger partial charge is 0.306 e. The largest absolute Gasteiger partial charge is 0.481 e. The SMILES string of the molecule is O=C(O)C1CCC(Nc2nn3cc(-c4ccc(F)cc4)nc3s2)CC1. The van der Waals surface area contributed by atoms with Gasteiger partial charge in [0, 0.05) is 11.6 Å². The van der Waals surface area contributed by atoms with Gasteiger partial charge in [0.15, 0.2) is 0 Å². The number of hydrogen-bond donors (Lipinski definition) is 2. The van der Waals surface area contributed by atoms with E-state index in [0.29, 0.717) is 12.8 Å².